The number of nitrogens with zero attached hydrogens (tertiary/aromatic N) is 3. The molecule has 1 aromatic heterocycles. The predicted molar refractivity (Wildman–Crippen MR) is 111 cm³/mol. The molecule has 2 aromatic rings. The van der Waals surface area contributed by atoms with Gasteiger partial charge in [-0.15, -0.1) is 0 Å². The maximum Gasteiger partial charge on any atom is 0.294 e. The number of hydrogen-bond acceptors (Lipinski definition) is 11. The number of nitrogens with one attached hydrogen (secondary N) is 3. The van der Waals surface area contributed by atoms with Crippen LogP contribution in [0.3, 0.4) is 0 Å². The first-order chi connectivity index (χ1) is 14.2. The number of benzene rings is 1. The molecule has 0 bridgehead atoms. The molecular weight excluding hydrogens is 476 g/mol. The van der Waals surface area contributed by atoms with Crippen molar-refractivity contribution in [3.8, 4) is 0 Å². The van der Waals surface area contributed by atoms with E-state index in [0.29, 0.717) is 12.1 Å². The Labute approximate surface area is 179 Å². The average Bonchev–Trinajstić information content (AvgIpc) is 2.62. The fourth-order valence-corrected chi connectivity index (χ4v) is 3.47. The molecule has 2 rings (SSSR count). The van der Waals surface area contributed by atoms with Crippen LogP contribution in [0.25, 0.3) is 0 Å². The Kier molecular flexibility index (Phi) is 7.84. The van der Waals surface area contributed by atoms with E-state index in [0.717, 1.165) is 18.4 Å². The highest BCUT2D eigenvalue weighted by Gasteiger charge is 2.12. The van der Waals surface area contributed by atoms with Crippen LogP contribution in [0.1, 0.15) is 12.2 Å². The Morgan fingerprint density at radius 1 is 0.903 bits per heavy atom. The minimum atomic E-state index is -4.36. The van der Waals surface area contributed by atoms with Gasteiger partial charge in [-0.3, -0.25) is 9.11 Å². The lowest BCUT2D eigenvalue weighted by molar-refractivity contribution is 0.481. The smallest absolute Gasteiger partial charge is 0.294 e. The number of sulfonamides is 1. The maximum absolute atomic E-state index is 11.1. The second-order valence-corrected chi connectivity index (χ2v) is 10.9. The Hall–Kier alpha value is -2.44. The van der Waals surface area contributed by atoms with E-state index >= 15 is 0 Å². The first kappa shape index (κ1) is 24.8. The fourth-order valence-electron chi connectivity index (χ4n) is 2.17. The van der Waals surface area contributed by atoms with E-state index in [1.54, 1.807) is 0 Å². The van der Waals surface area contributed by atoms with Crippen LogP contribution < -0.4 is 15.4 Å². The third-order valence-electron chi connectivity index (χ3n) is 3.44. The molecule has 0 saturated carbocycles. The summed E-state index contributed by atoms with van der Waals surface area (Å²) in [4.78, 5) is 11.8. The highest BCUT2D eigenvalue weighted by molar-refractivity contribution is 7.88. The van der Waals surface area contributed by atoms with Crippen LogP contribution in [-0.4, -0.2) is 68.0 Å². The summed E-state index contributed by atoms with van der Waals surface area (Å²) in [6.07, 6.45) is 1.56. The number of hydrogen-bond donors (Lipinski definition) is 5. The summed E-state index contributed by atoms with van der Waals surface area (Å²) >= 11 is 0. The highest BCUT2D eigenvalue weighted by Crippen LogP contribution is 2.18. The number of aryl methyl sites for hydroxylation is 1. The normalized spacial score (nSPS) is 12.5. The van der Waals surface area contributed by atoms with E-state index in [1.165, 1.54) is 12.1 Å². The van der Waals surface area contributed by atoms with Gasteiger partial charge in [-0.25, -0.2) is 13.1 Å². The average molecular weight is 497 g/mol. The van der Waals surface area contributed by atoms with Crippen molar-refractivity contribution in [2.45, 2.75) is 17.7 Å². The van der Waals surface area contributed by atoms with Gasteiger partial charge in [-0.1, -0.05) is 0 Å². The highest BCUT2D eigenvalue weighted by atomic mass is 32.2. The van der Waals surface area contributed by atoms with Gasteiger partial charge in [-0.2, -0.15) is 31.8 Å². The Balaban J connectivity index is 2.21. The molecule has 17 heteroatoms. The van der Waals surface area contributed by atoms with Crippen molar-refractivity contribution < 1.29 is 34.4 Å². The molecule has 172 valence electrons. The molecule has 31 heavy (non-hydrogen) atoms. The summed E-state index contributed by atoms with van der Waals surface area (Å²) in [6.45, 7) is 0.123. The molecule has 0 unspecified atom stereocenters. The number of rotatable bonds is 11. The lowest BCUT2D eigenvalue weighted by Crippen LogP contribution is -2.23. The van der Waals surface area contributed by atoms with Gasteiger partial charge in [0.15, 0.2) is 0 Å². The third kappa shape index (κ3) is 9.49. The van der Waals surface area contributed by atoms with Crippen LogP contribution in [0, 0.1) is 0 Å². The molecule has 0 aliphatic heterocycles. The van der Waals surface area contributed by atoms with E-state index in [-0.39, 0.29) is 35.6 Å². The predicted octanol–water partition coefficient (Wildman–Crippen LogP) is -0.399. The van der Waals surface area contributed by atoms with Crippen molar-refractivity contribution in [3.05, 3.63) is 30.1 Å². The van der Waals surface area contributed by atoms with Crippen molar-refractivity contribution >= 4 is 47.8 Å². The SMILES string of the molecule is CS(=O)(=O)NCCCc1nc(NCS(=O)(=O)O)nc(Nc2ccc(S(=O)(=O)O)cc2)n1. The van der Waals surface area contributed by atoms with Crippen LogP contribution in [0.15, 0.2) is 29.2 Å². The Bertz CT molecular complexity index is 1230. The van der Waals surface area contributed by atoms with Crippen molar-refractivity contribution in [3.63, 3.8) is 0 Å². The summed E-state index contributed by atoms with van der Waals surface area (Å²) < 4.78 is 86.6. The summed E-state index contributed by atoms with van der Waals surface area (Å²) in [5, 5.41) is 5.10. The van der Waals surface area contributed by atoms with Crippen molar-refractivity contribution in [1.29, 1.82) is 0 Å². The Morgan fingerprint density at radius 3 is 2.06 bits per heavy atom. The molecule has 1 aromatic carbocycles. The third-order valence-corrected chi connectivity index (χ3v) is 5.55. The van der Waals surface area contributed by atoms with Crippen LogP contribution in [0.5, 0.6) is 0 Å². The standard InChI is InChI=1S/C14H20N6O8S3/c1-29(21,22)16-8-2-3-12-18-13(15-9-30(23,24)25)20-14(19-12)17-10-4-6-11(7-5-10)31(26,27)28/h4-7,16H,2-3,8-9H2,1H3,(H,23,24,25)(H,26,27,28)(H2,15,17,18,19,20). The van der Waals surface area contributed by atoms with Gasteiger partial charge in [0.25, 0.3) is 20.2 Å². The molecule has 0 atom stereocenters. The van der Waals surface area contributed by atoms with Gasteiger partial charge in [0.05, 0.1) is 11.2 Å². The molecule has 0 radical (unpaired) electrons. The summed E-state index contributed by atoms with van der Waals surface area (Å²) in [7, 11) is -12.1. The number of aromatic nitrogens is 3. The summed E-state index contributed by atoms with van der Waals surface area (Å²) in [6, 6.07) is 4.98. The number of anilines is 3. The zero-order valence-electron chi connectivity index (χ0n) is 16.0. The van der Waals surface area contributed by atoms with Gasteiger partial charge in [0.1, 0.15) is 11.7 Å². The molecule has 0 saturated heterocycles. The minimum absolute atomic E-state index is 0.0292. The van der Waals surface area contributed by atoms with Gasteiger partial charge in [-0.05, 0) is 30.7 Å². The molecule has 1 heterocycles. The van der Waals surface area contributed by atoms with E-state index in [1.807, 2.05) is 0 Å². The molecule has 0 fully saturated rings. The van der Waals surface area contributed by atoms with E-state index in [4.69, 9.17) is 9.11 Å². The largest absolute Gasteiger partial charge is 0.338 e. The van der Waals surface area contributed by atoms with Crippen LogP contribution in [0.2, 0.25) is 0 Å². The molecule has 0 amide bonds. The second-order valence-electron chi connectivity index (χ2n) is 6.20. The molecule has 14 nitrogen and oxygen atoms in total. The van der Waals surface area contributed by atoms with Gasteiger partial charge in [0, 0.05) is 18.7 Å². The van der Waals surface area contributed by atoms with Crippen molar-refractivity contribution in [1.82, 2.24) is 19.7 Å². The first-order valence-corrected chi connectivity index (χ1v) is 13.4. The Morgan fingerprint density at radius 2 is 1.52 bits per heavy atom. The fraction of sp³-hybridized carbons (Fsp3) is 0.357. The topological polar surface area (TPSA) is 218 Å². The van der Waals surface area contributed by atoms with Gasteiger partial charge in [0.2, 0.25) is 21.9 Å². The molecule has 5 N–H and O–H groups in total. The first-order valence-electron chi connectivity index (χ1n) is 8.44. The molecule has 0 aliphatic rings. The van der Waals surface area contributed by atoms with E-state index in [2.05, 4.69) is 30.3 Å². The van der Waals surface area contributed by atoms with Crippen LogP contribution in [-0.2, 0) is 36.7 Å². The summed E-state index contributed by atoms with van der Waals surface area (Å²) in [5.41, 5.74) is 0.351. The van der Waals surface area contributed by atoms with Crippen molar-refractivity contribution in [2.75, 3.05) is 29.3 Å². The minimum Gasteiger partial charge on any atom is -0.338 e. The quantitative estimate of drug-likeness (QED) is 0.198. The monoisotopic (exact) mass is 496 g/mol. The maximum atomic E-state index is 11.1. The molecular formula is C14H20N6O8S3. The molecule has 0 spiro atoms. The van der Waals surface area contributed by atoms with Crippen molar-refractivity contribution in [2.24, 2.45) is 0 Å². The zero-order chi connectivity index (χ0) is 23.3. The van der Waals surface area contributed by atoms with Crippen LogP contribution in [0.4, 0.5) is 17.6 Å². The van der Waals surface area contributed by atoms with Gasteiger partial charge >= 0.3 is 0 Å². The van der Waals surface area contributed by atoms with E-state index < -0.39 is 36.1 Å². The lowest BCUT2D eigenvalue weighted by Gasteiger charge is -2.10. The zero-order valence-corrected chi connectivity index (χ0v) is 18.5. The lowest BCUT2D eigenvalue weighted by atomic mass is 10.3. The second kappa shape index (κ2) is 9.79. The van der Waals surface area contributed by atoms with E-state index in [9.17, 15) is 25.3 Å². The summed E-state index contributed by atoms with van der Waals surface area (Å²) in [5.74, 6) is -0.858. The van der Waals surface area contributed by atoms with Crippen LogP contribution >= 0.6 is 0 Å². The van der Waals surface area contributed by atoms with Gasteiger partial charge < -0.3 is 10.6 Å². The molecule has 0 aliphatic carbocycles.